The topological polar surface area (TPSA) is 74.9 Å². The van der Waals surface area contributed by atoms with Gasteiger partial charge in [0.05, 0.1) is 29.9 Å². The lowest BCUT2D eigenvalue weighted by Gasteiger charge is -2.36. The average Bonchev–Trinajstić information content (AvgIpc) is 3.31. The summed E-state index contributed by atoms with van der Waals surface area (Å²) in [5, 5.41) is 0. The first-order valence-corrected chi connectivity index (χ1v) is 10.7. The molecule has 2 fully saturated rings. The Hall–Kier alpha value is -2.45. The van der Waals surface area contributed by atoms with Gasteiger partial charge >= 0.3 is 0 Å². The van der Waals surface area contributed by atoms with E-state index >= 15 is 0 Å². The number of likely N-dealkylation sites (N-methyl/N-ethyl adjacent to an activating group) is 1. The van der Waals surface area contributed by atoms with Crippen LogP contribution in [0.1, 0.15) is 39.6 Å². The van der Waals surface area contributed by atoms with E-state index in [-0.39, 0.29) is 11.3 Å². The molecule has 2 saturated heterocycles. The van der Waals surface area contributed by atoms with Gasteiger partial charge in [0.25, 0.3) is 5.91 Å². The van der Waals surface area contributed by atoms with Crippen molar-refractivity contribution in [2.75, 3.05) is 57.8 Å². The van der Waals surface area contributed by atoms with Crippen molar-refractivity contribution < 1.29 is 13.9 Å². The summed E-state index contributed by atoms with van der Waals surface area (Å²) >= 11 is 0. The number of rotatable bonds is 2. The molecule has 3 aliphatic heterocycles. The quantitative estimate of drug-likeness (QED) is 0.745. The van der Waals surface area contributed by atoms with E-state index in [4.69, 9.17) is 14.1 Å². The molecule has 0 saturated carbocycles. The number of hydrogen-bond acceptors (Lipinski definition) is 7. The third kappa shape index (κ3) is 3.28. The molecule has 0 aromatic carbocycles. The van der Waals surface area contributed by atoms with E-state index in [9.17, 15) is 4.79 Å². The molecule has 0 N–H and O–H groups in total. The summed E-state index contributed by atoms with van der Waals surface area (Å²) < 4.78 is 11.5. The average molecular weight is 412 g/mol. The third-order valence-electron chi connectivity index (χ3n) is 6.69. The number of anilines is 1. The molecule has 1 atom stereocenters. The van der Waals surface area contributed by atoms with Crippen molar-refractivity contribution in [1.29, 1.82) is 0 Å². The lowest BCUT2D eigenvalue weighted by atomic mass is 9.80. The van der Waals surface area contributed by atoms with E-state index in [0.717, 1.165) is 55.6 Å². The summed E-state index contributed by atoms with van der Waals surface area (Å²) in [6.45, 7) is 10.0. The van der Waals surface area contributed by atoms with Crippen LogP contribution >= 0.6 is 0 Å². The van der Waals surface area contributed by atoms with E-state index in [1.165, 1.54) is 0 Å². The summed E-state index contributed by atoms with van der Waals surface area (Å²) in [4.78, 5) is 29.3. The van der Waals surface area contributed by atoms with Gasteiger partial charge in [-0.25, -0.2) is 9.97 Å². The number of carbonyl (C=O) groups excluding carboxylic acids is 1. The standard InChI is InChI=1S/C22H29N5O3/c1-15-10-18(16(2)30-15)20(28)27-5-4-22(13-27)14-29-12-17-11-23-21(24-19(17)22)26-8-6-25(3)7-9-26/h10-11H,4-9,12-14H2,1-3H3/t22-/m0/s1. The van der Waals surface area contributed by atoms with Crippen molar-refractivity contribution in [2.45, 2.75) is 32.3 Å². The molecule has 3 aliphatic rings. The molecule has 8 nitrogen and oxygen atoms in total. The molecule has 0 bridgehead atoms. The molecule has 0 unspecified atom stereocenters. The fourth-order valence-corrected chi connectivity index (χ4v) is 4.92. The first-order chi connectivity index (χ1) is 14.4. The largest absolute Gasteiger partial charge is 0.466 e. The molecule has 1 amide bonds. The van der Waals surface area contributed by atoms with Crippen molar-refractivity contribution in [3.8, 4) is 0 Å². The molecule has 0 aliphatic carbocycles. The molecule has 2 aromatic rings. The van der Waals surface area contributed by atoms with Gasteiger partial charge in [-0.05, 0) is 33.4 Å². The maximum Gasteiger partial charge on any atom is 0.257 e. The summed E-state index contributed by atoms with van der Waals surface area (Å²) in [7, 11) is 2.14. The fraction of sp³-hybridized carbons (Fsp3) is 0.591. The Bertz CT molecular complexity index is 966. The van der Waals surface area contributed by atoms with Gasteiger partial charge in [-0.3, -0.25) is 4.79 Å². The summed E-state index contributed by atoms with van der Waals surface area (Å²) in [5.41, 5.74) is 2.50. The summed E-state index contributed by atoms with van der Waals surface area (Å²) in [6.07, 6.45) is 2.77. The highest BCUT2D eigenvalue weighted by molar-refractivity contribution is 5.95. The number of carbonyl (C=O) groups is 1. The number of piperazine rings is 1. The maximum absolute atomic E-state index is 13.1. The van der Waals surface area contributed by atoms with Crippen molar-refractivity contribution in [2.24, 2.45) is 0 Å². The van der Waals surface area contributed by atoms with Crippen LogP contribution in [0.15, 0.2) is 16.7 Å². The number of fused-ring (bicyclic) bond motifs is 2. The predicted octanol–water partition coefficient (Wildman–Crippen LogP) is 1.75. The highest BCUT2D eigenvalue weighted by atomic mass is 16.5. The second kappa shape index (κ2) is 7.35. The number of ether oxygens (including phenoxy) is 1. The zero-order chi connectivity index (χ0) is 20.9. The Morgan fingerprint density at radius 3 is 2.70 bits per heavy atom. The molecule has 8 heteroatoms. The molecule has 30 heavy (non-hydrogen) atoms. The molecular weight excluding hydrogens is 382 g/mol. The lowest BCUT2D eigenvalue weighted by molar-refractivity contribution is 0.0484. The third-order valence-corrected chi connectivity index (χ3v) is 6.69. The van der Waals surface area contributed by atoms with Crippen LogP contribution in [0.2, 0.25) is 0 Å². The molecule has 2 aromatic heterocycles. The Morgan fingerprint density at radius 1 is 1.17 bits per heavy atom. The Balaban J connectivity index is 1.42. The van der Waals surface area contributed by atoms with E-state index in [1.807, 2.05) is 31.0 Å². The van der Waals surface area contributed by atoms with Crippen LogP contribution in [0.5, 0.6) is 0 Å². The van der Waals surface area contributed by atoms with Gasteiger partial charge in [0.1, 0.15) is 11.5 Å². The molecule has 5 heterocycles. The van der Waals surface area contributed by atoms with Gasteiger partial charge in [0, 0.05) is 51.0 Å². The Morgan fingerprint density at radius 2 is 1.97 bits per heavy atom. The second-order valence-corrected chi connectivity index (χ2v) is 8.91. The predicted molar refractivity (Wildman–Crippen MR) is 112 cm³/mol. The minimum Gasteiger partial charge on any atom is -0.466 e. The van der Waals surface area contributed by atoms with Crippen LogP contribution < -0.4 is 4.90 Å². The summed E-state index contributed by atoms with van der Waals surface area (Å²) in [6, 6.07) is 1.83. The molecule has 160 valence electrons. The van der Waals surface area contributed by atoms with Gasteiger partial charge in [-0.15, -0.1) is 0 Å². The SMILES string of the molecule is Cc1cc(C(=O)N2CC[C@@]3(COCc4cnc(N5CCN(C)CC5)nc43)C2)c(C)o1. The minimum absolute atomic E-state index is 0.0293. The second-order valence-electron chi connectivity index (χ2n) is 8.91. The van der Waals surface area contributed by atoms with Crippen LogP contribution in [-0.4, -0.2) is 78.6 Å². The monoisotopic (exact) mass is 411 g/mol. The Kier molecular flexibility index (Phi) is 4.78. The molecule has 0 radical (unpaired) electrons. The van der Waals surface area contributed by atoms with E-state index in [2.05, 4.69) is 21.8 Å². The van der Waals surface area contributed by atoms with E-state index in [1.54, 1.807) is 0 Å². The van der Waals surface area contributed by atoms with Gasteiger partial charge in [-0.1, -0.05) is 0 Å². The van der Waals surface area contributed by atoms with Gasteiger partial charge in [-0.2, -0.15) is 0 Å². The summed E-state index contributed by atoms with van der Waals surface area (Å²) in [5.74, 6) is 2.27. The van der Waals surface area contributed by atoms with Crippen molar-refractivity contribution in [1.82, 2.24) is 19.8 Å². The molecule has 5 rings (SSSR count). The Labute approximate surface area is 176 Å². The molecule has 1 spiro atoms. The van der Waals surface area contributed by atoms with Crippen LogP contribution in [0.3, 0.4) is 0 Å². The number of furan rings is 1. The number of amides is 1. The maximum atomic E-state index is 13.1. The number of aryl methyl sites for hydroxylation is 2. The zero-order valence-electron chi connectivity index (χ0n) is 18.0. The van der Waals surface area contributed by atoms with Crippen LogP contribution in [0.4, 0.5) is 5.95 Å². The normalized spacial score (nSPS) is 24.5. The first kappa shape index (κ1) is 19.5. The number of aromatic nitrogens is 2. The van der Waals surface area contributed by atoms with E-state index in [0.29, 0.717) is 37.6 Å². The smallest absolute Gasteiger partial charge is 0.257 e. The number of nitrogens with zero attached hydrogens (tertiary/aromatic N) is 5. The van der Waals surface area contributed by atoms with E-state index < -0.39 is 0 Å². The first-order valence-electron chi connectivity index (χ1n) is 10.7. The van der Waals surface area contributed by atoms with Crippen LogP contribution in [-0.2, 0) is 16.8 Å². The fourth-order valence-electron chi connectivity index (χ4n) is 4.92. The highest BCUT2D eigenvalue weighted by Crippen LogP contribution is 2.40. The minimum atomic E-state index is -0.264. The van der Waals surface area contributed by atoms with Crippen molar-refractivity contribution in [3.05, 3.63) is 40.6 Å². The zero-order valence-corrected chi connectivity index (χ0v) is 18.0. The van der Waals surface area contributed by atoms with Gasteiger partial charge in [0.2, 0.25) is 5.95 Å². The lowest BCUT2D eigenvalue weighted by Crippen LogP contribution is -2.46. The van der Waals surface area contributed by atoms with Gasteiger partial charge < -0.3 is 23.9 Å². The van der Waals surface area contributed by atoms with Crippen LogP contribution in [0, 0.1) is 13.8 Å². The van der Waals surface area contributed by atoms with Crippen molar-refractivity contribution >= 4 is 11.9 Å². The molecular formula is C22H29N5O3. The number of hydrogen-bond donors (Lipinski definition) is 0. The van der Waals surface area contributed by atoms with Gasteiger partial charge in [0.15, 0.2) is 0 Å². The highest BCUT2D eigenvalue weighted by Gasteiger charge is 2.46. The number of likely N-dealkylation sites (tertiary alicyclic amines) is 1. The van der Waals surface area contributed by atoms with Crippen LogP contribution in [0.25, 0.3) is 0 Å². The van der Waals surface area contributed by atoms with Crippen molar-refractivity contribution in [3.63, 3.8) is 0 Å².